The van der Waals surface area contributed by atoms with Crippen molar-refractivity contribution in [2.45, 2.75) is 19.9 Å². The molecule has 0 atom stereocenters. The molecule has 0 aliphatic heterocycles. The van der Waals surface area contributed by atoms with Crippen LogP contribution in [0, 0.1) is 0 Å². The van der Waals surface area contributed by atoms with Gasteiger partial charge in [-0.25, -0.2) is 0 Å². The number of nitrogens with zero attached hydrogens (tertiary/aromatic N) is 1. The van der Waals surface area contributed by atoms with Crippen LogP contribution in [0.15, 0.2) is 43.0 Å². The first-order valence-electron chi connectivity index (χ1n) is 5.20. The highest BCUT2D eigenvalue weighted by Gasteiger charge is 2.09. The van der Waals surface area contributed by atoms with Crippen LogP contribution in [-0.4, -0.2) is 17.4 Å². The number of amides is 1. The zero-order chi connectivity index (χ0) is 11.1. The number of rotatable bonds is 5. The summed E-state index contributed by atoms with van der Waals surface area (Å²) >= 11 is 0. The van der Waals surface area contributed by atoms with E-state index in [1.807, 2.05) is 42.2 Å². The summed E-state index contributed by atoms with van der Waals surface area (Å²) in [6.45, 7) is 6.82. The standard InChI is InChI=1S/C13H17NO/c1-3-10-14(13(15)4-2)11-12-8-6-5-7-9-12/h3,5-9H,1,4,10-11H2,2H3. The number of benzene rings is 1. The van der Waals surface area contributed by atoms with Gasteiger partial charge in [-0.05, 0) is 5.56 Å². The van der Waals surface area contributed by atoms with Crippen LogP contribution >= 0.6 is 0 Å². The van der Waals surface area contributed by atoms with Crippen LogP contribution in [0.25, 0.3) is 0 Å². The molecule has 1 aromatic rings. The summed E-state index contributed by atoms with van der Waals surface area (Å²) in [5, 5.41) is 0. The average molecular weight is 203 g/mol. The van der Waals surface area contributed by atoms with Gasteiger partial charge in [0.1, 0.15) is 0 Å². The van der Waals surface area contributed by atoms with E-state index in [1.165, 1.54) is 0 Å². The summed E-state index contributed by atoms with van der Waals surface area (Å²) in [6.07, 6.45) is 2.30. The quantitative estimate of drug-likeness (QED) is 0.674. The first kappa shape index (κ1) is 11.5. The lowest BCUT2D eigenvalue weighted by molar-refractivity contribution is -0.130. The number of carbonyl (C=O) groups excluding carboxylic acids is 1. The van der Waals surface area contributed by atoms with Crippen LogP contribution < -0.4 is 0 Å². The van der Waals surface area contributed by atoms with E-state index >= 15 is 0 Å². The van der Waals surface area contributed by atoms with Gasteiger partial charge in [0.15, 0.2) is 0 Å². The molecule has 0 aromatic heterocycles. The molecule has 0 saturated carbocycles. The molecular formula is C13H17NO. The first-order chi connectivity index (χ1) is 7.27. The fourth-order valence-electron chi connectivity index (χ4n) is 1.44. The van der Waals surface area contributed by atoms with Crippen molar-refractivity contribution in [3.63, 3.8) is 0 Å². The lowest BCUT2D eigenvalue weighted by atomic mass is 10.2. The SMILES string of the molecule is C=CCN(Cc1ccccc1)C(=O)CC. The molecule has 0 bridgehead atoms. The van der Waals surface area contributed by atoms with Crippen molar-refractivity contribution >= 4 is 5.91 Å². The average Bonchev–Trinajstić information content (AvgIpc) is 2.29. The van der Waals surface area contributed by atoms with Gasteiger partial charge in [0.05, 0.1) is 0 Å². The van der Waals surface area contributed by atoms with Crippen molar-refractivity contribution in [3.05, 3.63) is 48.6 Å². The molecule has 1 rings (SSSR count). The van der Waals surface area contributed by atoms with Crippen LogP contribution in [0.4, 0.5) is 0 Å². The molecule has 0 heterocycles. The molecule has 0 spiro atoms. The van der Waals surface area contributed by atoms with Gasteiger partial charge in [0, 0.05) is 19.5 Å². The van der Waals surface area contributed by atoms with Gasteiger partial charge in [-0.3, -0.25) is 4.79 Å². The van der Waals surface area contributed by atoms with E-state index < -0.39 is 0 Å². The Kier molecular flexibility index (Phi) is 4.61. The van der Waals surface area contributed by atoms with E-state index in [-0.39, 0.29) is 5.91 Å². The summed E-state index contributed by atoms with van der Waals surface area (Å²) in [7, 11) is 0. The second-order valence-electron chi connectivity index (χ2n) is 3.40. The fourth-order valence-corrected chi connectivity index (χ4v) is 1.44. The van der Waals surface area contributed by atoms with Crippen LogP contribution in [0.3, 0.4) is 0 Å². The largest absolute Gasteiger partial charge is 0.335 e. The lowest BCUT2D eigenvalue weighted by Gasteiger charge is -2.20. The maximum absolute atomic E-state index is 11.6. The van der Waals surface area contributed by atoms with Crippen LogP contribution in [0.5, 0.6) is 0 Å². The van der Waals surface area contributed by atoms with Crippen molar-refractivity contribution in [2.24, 2.45) is 0 Å². The highest BCUT2D eigenvalue weighted by Crippen LogP contribution is 2.05. The Balaban J connectivity index is 2.66. The Morgan fingerprint density at radius 1 is 1.40 bits per heavy atom. The molecule has 0 radical (unpaired) electrons. The smallest absolute Gasteiger partial charge is 0.222 e. The van der Waals surface area contributed by atoms with E-state index in [2.05, 4.69) is 6.58 Å². The highest BCUT2D eigenvalue weighted by atomic mass is 16.2. The molecule has 15 heavy (non-hydrogen) atoms. The third-order valence-corrected chi connectivity index (χ3v) is 2.22. The minimum Gasteiger partial charge on any atom is -0.335 e. The summed E-state index contributed by atoms with van der Waals surface area (Å²) in [4.78, 5) is 13.4. The molecule has 2 nitrogen and oxygen atoms in total. The summed E-state index contributed by atoms with van der Waals surface area (Å²) in [6, 6.07) is 10.00. The monoisotopic (exact) mass is 203 g/mol. The predicted molar refractivity (Wildman–Crippen MR) is 62.3 cm³/mol. The Morgan fingerprint density at radius 3 is 2.60 bits per heavy atom. The molecular weight excluding hydrogens is 186 g/mol. The van der Waals surface area contributed by atoms with Crippen LogP contribution in [-0.2, 0) is 11.3 Å². The van der Waals surface area contributed by atoms with Crippen LogP contribution in [0.2, 0.25) is 0 Å². The zero-order valence-electron chi connectivity index (χ0n) is 9.15. The minimum atomic E-state index is 0.166. The van der Waals surface area contributed by atoms with Gasteiger partial charge in [-0.2, -0.15) is 0 Å². The molecule has 1 aromatic carbocycles. The van der Waals surface area contributed by atoms with Crippen molar-refractivity contribution in [3.8, 4) is 0 Å². The molecule has 1 amide bonds. The van der Waals surface area contributed by atoms with E-state index in [0.717, 1.165) is 5.56 Å². The topological polar surface area (TPSA) is 20.3 Å². The van der Waals surface area contributed by atoms with Gasteiger partial charge < -0.3 is 4.90 Å². The lowest BCUT2D eigenvalue weighted by Crippen LogP contribution is -2.29. The predicted octanol–water partition coefficient (Wildman–Crippen LogP) is 2.61. The van der Waals surface area contributed by atoms with Crippen molar-refractivity contribution in [2.75, 3.05) is 6.54 Å². The van der Waals surface area contributed by atoms with Crippen LogP contribution in [0.1, 0.15) is 18.9 Å². The first-order valence-corrected chi connectivity index (χ1v) is 5.20. The van der Waals surface area contributed by atoms with Crippen molar-refractivity contribution < 1.29 is 4.79 Å². The van der Waals surface area contributed by atoms with Gasteiger partial charge in [0.2, 0.25) is 5.91 Å². The number of carbonyl (C=O) groups is 1. The normalized spacial score (nSPS) is 9.67. The maximum atomic E-state index is 11.6. The molecule has 0 aliphatic carbocycles. The number of hydrogen-bond donors (Lipinski definition) is 0. The van der Waals surface area contributed by atoms with E-state index in [0.29, 0.717) is 19.5 Å². The second-order valence-corrected chi connectivity index (χ2v) is 3.40. The van der Waals surface area contributed by atoms with E-state index in [1.54, 1.807) is 6.08 Å². The Labute approximate surface area is 91.2 Å². The molecule has 80 valence electrons. The van der Waals surface area contributed by atoms with Crippen molar-refractivity contribution in [1.82, 2.24) is 4.90 Å². The molecule has 0 fully saturated rings. The summed E-state index contributed by atoms with van der Waals surface area (Å²) in [5.74, 6) is 0.166. The van der Waals surface area contributed by atoms with Crippen molar-refractivity contribution in [1.29, 1.82) is 0 Å². The number of hydrogen-bond acceptors (Lipinski definition) is 1. The van der Waals surface area contributed by atoms with Gasteiger partial charge in [-0.15, -0.1) is 6.58 Å². The molecule has 0 aliphatic rings. The van der Waals surface area contributed by atoms with Gasteiger partial charge >= 0.3 is 0 Å². The molecule has 2 heteroatoms. The third-order valence-electron chi connectivity index (χ3n) is 2.22. The Bertz CT molecular complexity index is 319. The Morgan fingerprint density at radius 2 is 2.07 bits per heavy atom. The second kappa shape index (κ2) is 6.02. The zero-order valence-corrected chi connectivity index (χ0v) is 9.15. The fraction of sp³-hybridized carbons (Fsp3) is 0.308. The summed E-state index contributed by atoms with van der Waals surface area (Å²) in [5.41, 5.74) is 1.15. The minimum absolute atomic E-state index is 0.166. The molecule has 0 saturated heterocycles. The molecule has 0 unspecified atom stereocenters. The Hall–Kier alpha value is -1.57. The molecule has 0 N–H and O–H groups in total. The van der Waals surface area contributed by atoms with E-state index in [9.17, 15) is 4.79 Å². The maximum Gasteiger partial charge on any atom is 0.222 e. The third kappa shape index (κ3) is 3.58. The van der Waals surface area contributed by atoms with Gasteiger partial charge in [0.25, 0.3) is 0 Å². The van der Waals surface area contributed by atoms with Gasteiger partial charge in [-0.1, -0.05) is 43.3 Å². The summed E-state index contributed by atoms with van der Waals surface area (Å²) < 4.78 is 0. The highest BCUT2D eigenvalue weighted by molar-refractivity contribution is 5.75. The van der Waals surface area contributed by atoms with E-state index in [4.69, 9.17) is 0 Å².